The van der Waals surface area contributed by atoms with Gasteiger partial charge in [0.15, 0.2) is 11.5 Å². The average molecular weight is 371 g/mol. The van der Waals surface area contributed by atoms with Crippen molar-refractivity contribution in [3.05, 3.63) is 89.7 Å². The van der Waals surface area contributed by atoms with Crippen molar-refractivity contribution >= 4 is 17.5 Å². The third-order valence-corrected chi connectivity index (χ3v) is 4.26. The molecule has 4 rings (SSSR count). The zero-order valence-electron chi connectivity index (χ0n) is 15.1. The maximum Gasteiger partial charge on any atom is 0.371 e. The fourth-order valence-corrected chi connectivity index (χ4v) is 2.78. The Balaban J connectivity index is 1.64. The number of fused-ring (bicyclic) bond motifs is 1. The lowest BCUT2D eigenvalue weighted by Gasteiger charge is -2.05. The van der Waals surface area contributed by atoms with Gasteiger partial charge in [-0.25, -0.2) is 14.3 Å². The van der Waals surface area contributed by atoms with Crippen molar-refractivity contribution < 1.29 is 9.63 Å². The first-order chi connectivity index (χ1) is 13.6. The van der Waals surface area contributed by atoms with Crippen molar-refractivity contribution in [3.8, 4) is 11.3 Å². The topological polar surface area (TPSA) is 94.9 Å². The Labute approximate surface area is 161 Å². The van der Waals surface area contributed by atoms with Gasteiger partial charge < -0.3 is 10.6 Å². The zero-order valence-corrected chi connectivity index (χ0v) is 15.1. The maximum atomic E-state index is 12.5. The van der Waals surface area contributed by atoms with Crippen LogP contribution in [-0.2, 0) is 4.84 Å². The van der Waals surface area contributed by atoms with E-state index < -0.39 is 5.97 Å². The van der Waals surface area contributed by atoms with E-state index in [9.17, 15) is 4.79 Å². The van der Waals surface area contributed by atoms with Crippen molar-refractivity contribution in [2.24, 2.45) is 10.9 Å². The number of hydrogen-bond acceptors (Lipinski definition) is 5. The normalized spacial score (nSPS) is 11.5. The van der Waals surface area contributed by atoms with Crippen LogP contribution >= 0.6 is 0 Å². The molecule has 0 amide bonds. The summed E-state index contributed by atoms with van der Waals surface area (Å²) in [6.45, 7) is 2.02. The second-order valence-corrected chi connectivity index (χ2v) is 6.21. The highest BCUT2D eigenvalue weighted by atomic mass is 16.7. The smallest absolute Gasteiger partial charge is 0.371 e. The van der Waals surface area contributed by atoms with E-state index in [1.165, 1.54) is 6.20 Å². The summed E-state index contributed by atoms with van der Waals surface area (Å²) in [5, 5.41) is 8.02. The summed E-state index contributed by atoms with van der Waals surface area (Å²) in [6, 6.07) is 18.9. The van der Waals surface area contributed by atoms with E-state index in [4.69, 9.17) is 10.6 Å². The number of carbonyl (C=O) groups is 1. The molecule has 2 heterocycles. The number of nitrogens with two attached hydrogens (primary N) is 1. The molecule has 2 N–H and O–H groups in total. The molecule has 0 radical (unpaired) electrons. The van der Waals surface area contributed by atoms with Crippen LogP contribution in [0.5, 0.6) is 0 Å². The first kappa shape index (κ1) is 17.4. The van der Waals surface area contributed by atoms with Gasteiger partial charge in [-0.1, -0.05) is 65.3 Å². The molecule has 2 aromatic heterocycles. The molecule has 0 bridgehead atoms. The van der Waals surface area contributed by atoms with Crippen molar-refractivity contribution in [2.45, 2.75) is 6.92 Å². The lowest BCUT2D eigenvalue weighted by atomic mass is 10.1. The summed E-state index contributed by atoms with van der Waals surface area (Å²) in [6.07, 6.45) is 3.04. The van der Waals surface area contributed by atoms with E-state index in [-0.39, 0.29) is 11.4 Å². The van der Waals surface area contributed by atoms with Crippen LogP contribution < -0.4 is 5.73 Å². The van der Waals surface area contributed by atoms with Crippen LogP contribution in [0.25, 0.3) is 16.9 Å². The summed E-state index contributed by atoms with van der Waals surface area (Å²) >= 11 is 0. The largest absolute Gasteiger partial charge is 0.380 e. The zero-order chi connectivity index (χ0) is 19.5. The minimum Gasteiger partial charge on any atom is -0.380 e. The van der Waals surface area contributed by atoms with E-state index in [1.54, 1.807) is 22.8 Å². The van der Waals surface area contributed by atoms with Crippen LogP contribution in [0.1, 0.15) is 21.5 Å². The predicted molar refractivity (Wildman–Crippen MR) is 106 cm³/mol. The van der Waals surface area contributed by atoms with Crippen molar-refractivity contribution in [3.63, 3.8) is 0 Å². The van der Waals surface area contributed by atoms with Crippen LogP contribution in [0.4, 0.5) is 0 Å². The lowest BCUT2D eigenvalue weighted by Crippen LogP contribution is -2.15. The molecular weight excluding hydrogens is 354 g/mol. The van der Waals surface area contributed by atoms with E-state index in [2.05, 4.69) is 15.2 Å². The van der Waals surface area contributed by atoms with Gasteiger partial charge in [0.2, 0.25) is 0 Å². The number of benzene rings is 2. The molecule has 138 valence electrons. The van der Waals surface area contributed by atoms with Crippen molar-refractivity contribution in [1.82, 2.24) is 14.6 Å². The molecule has 0 aliphatic carbocycles. The molecule has 4 aromatic rings. The van der Waals surface area contributed by atoms with E-state index in [0.29, 0.717) is 11.2 Å². The van der Waals surface area contributed by atoms with Gasteiger partial charge in [-0.15, -0.1) is 0 Å². The van der Waals surface area contributed by atoms with E-state index >= 15 is 0 Å². The second-order valence-electron chi connectivity index (χ2n) is 6.21. The standard InChI is InChI=1S/C21H17N5O2/c1-14-7-9-15(10-8-14)18-11-12-23-20-17(13-24-26(18)20)21(27)28-25-19(22)16-5-3-2-4-6-16/h2-13H,1H3,(H2,22,25). The Kier molecular flexibility index (Phi) is 4.55. The van der Waals surface area contributed by atoms with Gasteiger partial charge in [-0.05, 0) is 13.0 Å². The first-order valence-corrected chi connectivity index (χ1v) is 8.63. The highest BCUT2D eigenvalue weighted by molar-refractivity contribution is 5.99. The summed E-state index contributed by atoms with van der Waals surface area (Å²) in [5.74, 6) is -0.568. The van der Waals surface area contributed by atoms with Gasteiger partial charge in [0.25, 0.3) is 0 Å². The number of hydrogen-bond donors (Lipinski definition) is 1. The Bertz CT molecular complexity index is 1160. The molecule has 0 aliphatic heterocycles. The first-order valence-electron chi connectivity index (χ1n) is 8.63. The molecule has 0 unspecified atom stereocenters. The monoisotopic (exact) mass is 371 g/mol. The Morgan fingerprint density at radius 1 is 1.07 bits per heavy atom. The van der Waals surface area contributed by atoms with Gasteiger partial charge in [-0.3, -0.25) is 0 Å². The number of aromatic nitrogens is 3. The van der Waals surface area contributed by atoms with Crippen LogP contribution in [-0.4, -0.2) is 26.4 Å². The van der Waals surface area contributed by atoms with Gasteiger partial charge in [0.05, 0.1) is 11.9 Å². The van der Waals surface area contributed by atoms with Gasteiger partial charge in [0.1, 0.15) is 5.56 Å². The molecule has 0 saturated heterocycles. The highest BCUT2D eigenvalue weighted by Crippen LogP contribution is 2.21. The molecule has 0 atom stereocenters. The van der Waals surface area contributed by atoms with Gasteiger partial charge >= 0.3 is 5.97 Å². The third-order valence-electron chi connectivity index (χ3n) is 4.26. The molecule has 7 nitrogen and oxygen atoms in total. The van der Waals surface area contributed by atoms with Crippen LogP contribution in [0.15, 0.2) is 78.2 Å². The van der Waals surface area contributed by atoms with Crippen LogP contribution in [0.2, 0.25) is 0 Å². The molecule has 7 heteroatoms. The van der Waals surface area contributed by atoms with Gasteiger partial charge in [-0.2, -0.15) is 5.10 Å². The van der Waals surface area contributed by atoms with Crippen LogP contribution in [0, 0.1) is 6.92 Å². The number of carbonyl (C=O) groups excluding carboxylic acids is 1. The summed E-state index contributed by atoms with van der Waals surface area (Å²) in [7, 11) is 0. The average Bonchev–Trinajstić information content (AvgIpc) is 3.17. The van der Waals surface area contributed by atoms with E-state index in [1.807, 2.05) is 55.5 Å². The maximum absolute atomic E-state index is 12.5. The van der Waals surface area contributed by atoms with Crippen LogP contribution in [0.3, 0.4) is 0 Å². The molecule has 2 aromatic carbocycles. The quantitative estimate of drug-likeness (QED) is 0.257. The molecule has 0 fully saturated rings. The van der Waals surface area contributed by atoms with Crippen molar-refractivity contribution in [1.29, 1.82) is 0 Å². The minimum absolute atomic E-state index is 0.110. The predicted octanol–water partition coefficient (Wildman–Crippen LogP) is 3.18. The molecule has 0 aliphatic rings. The fraction of sp³-hybridized carbons (Fsp3) is 0.0476. The minimum atomic E-state index is -0.678. The van der Waals surface area contributed by atoms with Crippen molar-refractivity contribution in [2.75, 3.05) is 0 Å². The summed E-state index contributed by atoms with van der Waals surface area (Å²) in [5.41, 5.74) is 10.1. The van der Waals surface area contributed by atoms with E-state index in [0.717, 1.165) is 16.8 Å². The Hall–Kier alpha value is -4.00. The third kappa shape index (κ3) is 3.33. The number of aryl methyl sites for hydroxylation is 1. The fourth-order valence-electron chi connectivity index (χ4n) is 2.78. The molecule has 0 saturated carbocycles. The summed E-state index contributed by atoms with van der Waals surface area (Å²) in [4.78, 5) is 21.7. The molecular formula is C21H17N5O2. The number of oxime groups is 1. The molecule has 0 spiro atoms. The second kappa shape index (κ2) is 7.32. The SMILES string of the molecule is Cc1ccc(-c2ccnc3c(C(=O)O/N=C(\N)c4ccccc4)cnn23)cc1. The number of nitrogens with zero attached hydrogens (tertiary/aromatic N) is 4. The number of amidine groups is 1. The number of rotatable bonds is 4. The Morgan fingerprint density at radius 3 is 2.57 bits per heavy atom. The Morgan fingerprint density at radius 2 is 1.82 bits per heavy atom. The summed E-state index contributed by atoms with van der Waals surface area (Å²) < 4.78 is 1.60. The highest BCUT2D eigenvalue weighted by Gasteiger charge is 2.18. The lowest BCUT2D eigenvalue weighted by molar-refractivity contribution is 0.0518. The van der Waals surface area contributed by atoms with Gasteiger partial charge in [0, 0.05) is 17.3 Å². The molecule has 28 heavy (non-hydrogen) atoms.